The molecule has 7 nitrogen and oxygen atoms in total. The van der Waals surface area contributed by atoms with Gasteiger partial charge in [-0.3, -0.25) is 19.7 Å². The van der Waals surface area contributed by atoms with Crippen LogP contribution in [0.4, 0.5) is 11.4 Å². The lowest BCUT2D eigenvalue weighted by atomic mass is 9.53. The number of allylic oxidation sites excluding steroid dienone is 1. The van der Waals surface area contributed by atoms with Crippen LogP contribution >= 0.6 is 15.9 Å². The van der Waals surface area contributed by atoms with E-state index in [0.29, 0.717) is 15.7 Å². The first kappa shape index (κ1) is 20.3. The van der Waals surface area contributed by atoms with E-state index >= 15 is 0 Å². The van der Waals surface area contributed by atoms with Gasteiger partial charge in [-0.1, -0.05) is 46.3 Å². The fraction of sp³-hybridized carbons (Fsp3) is 0.273. The largest absolute Gasteiger partial charge is 0.465 e. The molecule has 2 unspecified atom stereocenters. The molecule has 2 aliphatic rings. The van der Waals surface area contributed by atoms with Gasteiger partial charge in [-0.15, -0.1) is 6.58 Å². The zero-order chi connectivity index (χ0) is 21.7. The average Bonchev–Trinajstić information content (AvgIpc) is 2.95. The first-order valence-corrected chi connectivity index (χ1v) is 10.2. The normalized spacial score (nSPS) is 25.2. The van der Waals surface area contributed by atoms with Crippen molar-refractivity contribution in [1.82, 2.24) is 0 Å². The van der Waals surface area contributed by atoms with E-state index in [1.54, 1.807) is 13.1 Å². The Hall–Kier alpha value is -3.00. The van der Waals surface area contributed by atoms with Crippen LogP contribution in [0.25, 0.3) is 0 Å². The number of cyclic esters (lactones) is 1. The number of para-hydroxylation sites is 1. The van der Waals surface area contributed by atoms with E-state index in [2.05, 4.69) is 22.5 Å². The van der Waals surface area contributed by atoms with Gasteiger partial charge in [0.25, 0.3) is 5.69 Å². The highest BCUT2D eigenvalue weighted by molar-refractivity contribution is 9.10. The average molecular weight is 471 g/mol. The fourth-order valence-corrected chi connectivity index (χ4v) is 5.76. The smallest absolute Gasteiger partial charge is 0.318 e. The van der Waals surface area contributed by atoms with Gasteiger partial charge < -0.3 is 9.64 Å². The molecule has 0 saturated carbocycles. The van der Waals surface area contributed by atoms with Crippen LogP contribution in [-0.2, 0) is 25.2 Å². The van der Waals surface area contributed by atoms with Gasteiger partial charge in [-0.2, -0.15) is 0 Å². The summed E-state index contributed by atoms with van der Waals surface area (Å²) in [4.78, 5) is 40.3. The number of nitro benzene ring substituents is 1. The Morgan fingerprint density at radius 2 is 2.00 bits per heavy atom. The molecule has 1 fully saturated rings. The summed E-state index contributed by atoms with van der Waals surface area (Å²) >= 11 is 3.56. The molecule has 1 amide bonds. The molecule has 0 bridgehead atoms. The molecule has 1 saturated heterocycles. The van der Waals surface area contributed by atoms with Crippen LogP contribution in [0.3, 0.4) is 0 Å². The highest BCUT2D eigenvalue weighted by Gasteiger charge is 2.70. The maximum absolute atomic E-state index is 13.9. The number of benzene rings is 2. The number of anilines is 1. The van der Waals surface area contributed by atoms with Crippen LogP contribution in [0.15, 0.2) is 59.6 Å². The molecular formula is C22H19BrN2O5. The third-order valence-corrected chi connectivity index (χ3v) is 6.91. The third-order valence-electron chi connectivity index (χ3n) is 6.25. The van der Waals surface area contributed by atoms with Crippen LogP contribution in [-0.4, -0.2) is 30.5 Å². The molecule has 0 aliphatic carbocycles. The predicted octanol–water partition coefficient (Wildman–Crippen LogP) is 4.03. The number of hydrogen-bond acceptors (Lipinski definition) is 5. The first-order chi connectivity index (χ1) is 14.3. The maximum Gasteiger partial charge on any atom is 0.318 e. The number of ether oxygens (including phenoxy) is 1. The second kappa shape index (κ2) is 7.05. The Labute approximate surface area is 181 Å². The number of fused-ring (bicyclic) bond motifs is 2. The van der Waals surface area contributed by atoms with Crippen molar-refractivity contribution < 1.29 is 19.2 Å². The number of esters is 1. The molecule has 2 aliphatic heterocycles. The molecule has 2 aromatic carbocycles. The van der Waals surface area contributed by atoms with Gasteiger partial charge in [-0.05, 0) is 18.6 Å². The highest BCUT2D eigenvalue weighted by Crippen LogP contribution is 2.61. The van der Waals surface area contributed by atoms with Crippen molar-refractivity contribution in [2.45, 2.75) is 23.7 Å². The molecule has 4 rings (SSSR count). The number of nitrogens with zero attached hydrogens (tertiary/aromatic N) is 2. The number of rotatable bonds is 4. The van der Waals surface area contributed by atoms with Gasteiger partial charge in [0.1, 0.15) is 10.8 Å². The maximum atomic E-state index is 13.9. The van der Waals surface area contributed by atoms with Crippen molar-refractivity contribution >= 4 is 39.2 Å². The zero-order valence-corrected chi connectivity index (χ0v) is 17.8. The summed E-state index contributed by atoms with van der Waals surface area (Å²) < 4.78 is 6.13. The minimum atomic E-state index is -1.63. The Balaban J connectivity index is 2.18. The van der Waals surface area contributed by atoms with Crippen LogP contribution < -0.4 is 4.90 Å². The van der Waals surface area contributed by atoms with E-state index in [9.17, 15) is 19.7 Å². The second-order valence-electron chi connectivity index (χ2n) is 7.46. The fourth-order valence-electron chi connectivity index (χ4n) is 5.07. The van der Waals surface area contributed by atoms with E-state index in [1.807, 2.05) is 18.2 Å². The Kier molecular flexibility index (Phi) is 4.77. The van der Waals surface area contributed by atoms with Gasteiger partial charge >= 0.3 is 5.97 Å². The Morgan fingerprint density at radius 1 is 1.27 bits per heavy atom. The SMILES string of the molecule is C=CCC1(c2ccccc2[N+](=O)[O-])C(=O)OCCC12C(=O)N(C)c1cccc(Br)c12. The first-order valence-electron chi connectivity index (χ1n) is 9.42. The van der Waals surface area contributed by atoms with Crippen molar-refractivity contribution in [1.29, 1.82) is 0 Å². The minimum Gasteiger partial charge on any atom is -0.465 e. The molecule has 2 atom stereocenters. The van der Waals surface area contributed by atoms with Crippen LogP contribution in [0.2, 0.25) is 0 Å². The third kappa shape index (κ3) is 2.37. The van der Waals surface area contributed by atoms with Gasteiger partial charge in [0, 0.05) is 40.8 Å². The summed E-state index contributed by atoms with van der Waals surface area (Å²) in [5.41, 5.74) is -1.76. The van der Waals surface area contributed by atoms with Crippen molar-refractivity contribution in [3.8, 4) is 0 Å². The lowest BCUT2D eigenvalue weighted by Gasteiger charge is -2.48. The number of amides is 1. The lowest BCUT2D eigenvalue weighted by molar-refractivity contribution is -0.386. The van der Waals surface area contributed by atoms with Crippen molar-refractivity contribution in [2.24, 2.45) is 0 Å². The summed E-state index contributed by atoms with van der Waals surface area (Å²) in [6.45, 7) is 3.84. The molecule has 2 heterocycles. The number of likely N-dealkylation sites (N-methyl/N-ethyl adjacent to an activating group) is 1. The number of nitro groups is 1. The van der Waals surface area contributed by atoms with E-state index < -0.39 is 21.7 Å². The number of halogens is 1. The Morgan fingerprint density at radius 3 is 2.70 bits per heavy atom. The molecule has 0 aromatic heterocycles. The predicted molar refractivity (Wildman–Crippen MR) is 114 cm³/mol. The van der Waals surface area contributed by atoms with Gasteiger partial charge in [0.2, 0.25) is 5.91 Å². The summed E-state index contributed by atoms with van der Waals surface area (Å²) in [5.74, 6) is -0.950. The van der Waals surface area contributed by atoms with E-state index in [1.165, 1.54) is 29.2 Å². The molecular weight excluding hydrogens is 452 g/mol. The van der Waals surface area contributed by atoms with Crippen LogP contribution in [0.5, 0.6) is 0 Å². The van der Waals surface area contributed by atoms with Crippen LogP contribution in [0.1, 0.15) is 24.0 Å². The number of carbonyl (C=O) groups is 2. The number of carbonyl (C=O) groups excluding carboxylic acids is 2. The quantitative estimate of drug-likeness (QED) is 0.291. The summed E-state index contributed by atoms with van der Waals surface area (Å²) in [7, 11) is 1.65. The second-order valence-corrected chi connectivity index (χ2v) is 8.32. The van der Waals surface area contributed by atoms with Crippen molar-refractivity contribution in [3.63, 3.8) is 0 Å². The van der Waals surface area contributed by atoms with E-state index in [0.717, 1.165) is 0 Å². The zero-order valence-electron chi connectivity index (χ0n) is 16.3. The summed E-state index contributed by atoms with van der Waals surface area (Å²) in [6.07, 6.45) is 1.74. The molecule has 0 radical (unpaired) electrons. The van der Waals surface area contributed by atoms with Crippen LogP contribution in [0, 0.1) is 10.1 Å². The van der Waals surface area contributed by atoms with Gasteiger partial charge in [0.15, 0.2) is 0 Å². The molecule has 0 N–H and O–H groups in total. The van der Waals surface area contributed by atoms with Crippen molar-refractivity contribution in [3.05, 3.63) is 80.8 Å². The van der Waals surface area contributed by atoms with Gasteiger partial charge in [-0.25, -0.2) is 0 Å². The monoisotopic (exact) mass is 470 g/mol. The molecule has 30 heavy (non-hydrogen) atoms. The highest BCUT2D eigenvalue weighted by atomic mass is 79.9. The van der Waals surface area contributed by atoms with Gasteiger partial charge in [0.05, 0.1) is 11.5 Å². The Bertz CT molecular complexity index is 1100. The van der Waals surface area contributed by atoms with E-state index in [-0.39, 0.29) is 36.6 Å². The molecule has 8 heteroatoms. The lowest BCUT2D eigenvalue weighted by Crippen LogP contribution is -2.62. The van der Waals surface area contributed by atoms with E-state index in [4.69, 9.17) is 4.74 Å². The summed E-state index contributed by atoms with van der Waals surface area (Å²) in [6, 6.07) is 11.5. The standard InChI is InChI=1S/C22H19BrN2O5/c1-3-11-21(14-7-4-5-9-16(14)25(28)29)20(27)30-13-12-22(21)18-15(23)8-6-10-17(18)24(2)19(22)26/h3-10H,1,11-13H2,2H3. The molecule has 154 valence electrons. The molecule has 2 aromatic rings. The number of hydrogen-bond donors (Lipinski definition) is 0. The topological polar surface area (TPSA) is 89.7 Å². The molecule has 1 spiro atoms. The summed E-state index contributed by atoms with van der Waals surface area (Å²) in [5, 5.41) is 11.9. The minimum absolute atomic E-state index is 0.0110. The van der Waals surface area contributed by atoms with Crippen molar-refractivity contribution in [2.75, 3.05) is 18.6 Å².